The van der Waals surface area contributed by atoms with Gasteiger partial charge in [-0.25, -0.2) is 20.0 Å². The quantitative estimate of drug-likeness (QED) is 0.163. The lowest BCUT2D eigenvalue weighted by atomic mass is 10.1. The average Bonchev–Trinajstić information content (AvgIpc) is 3.16. The van der Waals surface area contributed by atoms with E-state index in [0.717, 1.165) is 0 Å². The number of halogens is 2. The summed E-state index contributed by atoms with van der Waals surface area (Å²) in [5.41, 5.74) is 9.46. The number of benzene rings is 5. The molecule has 0 atom stereocenters. The van der Waals surface area contributed by atoms with E-state index in [1.54, 1.807) is 60.7 Å². The summed E-state index contributed by atoms with van der Waals surface area (Å²) in [5.74, 6) is -0.795. The molecule has 5 aromatic rings. The van der Waals surface area contributed by atoms with Gasteiger partial charge in [-0.15, -0.1) is 0 Å². The van der Waals surface area contributed by atoms with Crippen LogP contribution in [0.3, 0.4) is 0 Å². The van der Waals surface area contributed by atoms with Gasteiger partial charge in [0.2, 0.25) is 10.3 Å². The first-order valence-corrected chi connectivity index (χ1v) is 20.4. The summed E-state index contributed by atoms with van der Waals surface area (Å²) in [6, 6.07) is 39.3. The zero-order valence-corrected chi connectivity index (χ0v) is 31.4. The molecule has 2 N–H and O–H groups in total. The number of aliphatic imine (C=N–C) groups is 4. The third kappa shape index (κ3) is 9.02. The number of para-hydroxylation sites is 2. The summed E-state index contributed by atoms with van der Waals surface area (Å²) in [6.07, 6.45) is 0. The maximum absolute atomic E-state index is 14.1. The maximum atomic E-state index is 14.1. The van der Waals surface area contributed by atoms with Gasteiger partial charge in [-0.1, -0.05) is 71.7 Å². The van der Waals surface area contributed by atoms with E-state index in [9.17, 15) is 9.59 Å². The molecule has 2 aliphatic heterocycles. The highest BCUT2D eigenvalue weighted by molar-refractivity contribution is 8.87. The second kappa shape index (κ2) is 16.8. The first-order valence-electron chi connectivity index (χ1n) is 15.4. The number of nitrogens with one attached hydrogen (secondary N) is 2. The maximum Gasteiger partial charge on any atom is 0.278 e. The van der Waals surface area contributed by atoms with Crippen molar-refractivity contribution >= 4 is 122 Å². The molecule has 7 rings (SSSR count). The summed E-state index contributed by atoms with van der Waals surface area (Å²) < 4.78 is 0. The van der Waals surface area contributed by atoms with Gasteiger partial charge >= 0.3 is 0 Å². The topological polar surface area (TPSA) is 114 Å². The third-order valence-electron chi connectivity index (χ3n) is 7.01. The normalized spacial score (nSPS) is 17.7. The predicted octanol–water partition coefficient (Wildman–Crippen LogP) is 10.4. The van der Waals surface area contributed by atoms with E-state index in [4.69, 9.17) is 33.2 Å². The molecule has 10 nitrogen and oxygen atoms in total. The van der Waals surface area contributed by atoms with Crippen molar-refractivity contribution in [1.82, 2.24) is 20.9 Å². The summed E-state index contributed by atoms with van der Waals surface area (Å²) in [5, 5.41) is 5.53. The zero-order valence-electron chi connectivity index (χ0n) is 26.6. The molecule has 0 unspecified atom stereocenters. The van der Waals surface area contributed by atoms with Crippen molar-refractivity contribution in [3.05, 3.63) is 155 Å². The van der Waals surface area contributed by atoms with Gasteiger partial charge in [0.1, 0.15) is 0 Å². The third-order valence-corrected chi connectivity index (χ3v) is 11.5. The van der Waals surface area contributed by atoms with Crippen LogP contribution in [-0.4, -0.2) is 42.5 Å². The Balaban J connectivity index is 1.16. The van der Waals surface area contributed by atoms with Crippen LogP contribution in [-0.2, 0) is 0 Å². The summed E-state index contributed by atoms with van der Waals surface area (Å²) in [7, 11) is 5.24. The van der Waals surface area contributed by atoms with Gasteiger partial charge in [-0.2, -0.15) is 10.0 Å². The Kier molecular flexibility index (Phi) is 11.5. The van der Waals surface area contributed by atoms with E-state index in [0.29, 0.717) is 64.6 Å². The fourth-order valence-corrected chi connectivity index (χ4v) is 8.57. The van der Waals surface area contributed by atoms with Gasteiger partial charge in [0.05, 0.1) is 22.7 Å². The summed E-state index contributed by atoms with van der Waals surface area (Å²) >= 11 is 12.3. The number of hydrogen-bond acceptors (Lipinski definition) is 10. The largest absolute Gasteiger partial charge is 0.278 e. The van der Waals surface area contributed by atoms with E-state index in [1.807, 2.05) is 72.8 Å². The van der Waals surface area contributed by atoms with Crippen molar-refractivity contribution in [2.45, 2.75) is 0 Å². The van der Waals surface area contributed by atoms with E-state index >= 15 is 0 Å². The van der Waals surface area contributed by atoms with E-state index in [2.05, 4.69) is 20.8 Å². The predicted molar refractivity (Wildman–Crippen MR) is 220 cm³/mol. The van der Waals surface area contributed by atoms with Crippen molar-refractivity contribution in [3.63, 3.8) is 0 Å². The van der Waals surface area contributed by atoms with Gasteiger partial charge < -0.3 is 0 Å². The number of nitrogens with zero attached hydrogens (tertiary/aromatic N) is 6. The number of hydrazine groups is 2. The molecule has 2 heterocycles. The van der Waals surface area contributed by atoms with Crippen LogP contribution in [0, 0.1) is 0 Å². The van der Waals surface area contributed by atoms with Gasteiger partial charge in [-0.3, -0.25) is 20.4 Å². The Hall–Kier alpha value is -4.70. The molecule has 0 saturated carbocycles. The molecule has 0 aromatic heterocycles. The highest BCUT2D eigenvalue weighted by Gasteiger charge is 2.31. The number of amides is 2. The molecule has 0 bridgehead atoms. The number of carbonyl (C=O) groups excluding carboxylic acids is 2. The highest BCUT2D eigenvalue weighted by Crippen LogP contribution is 2.35. The highest BCUT2D eigenvalue weighted by atomic mass is 35.5. The Labute approximate surface area is 324 Å². The monoisotopic (exact) mass is 798 g/mol. The Bertz CT molecular complexity index is 2080. The van der Waals surface area contributed by atoms with Crippen LogP contribution < -0.4 is 10.9 Å². The van der Waals surface area contributed by atoms with Crippen molar-refractivity contribution < 1.29 is 9.59 Å². The van der Waals surface area contributed by atoms with Crippen molar-refractivity contribution in [3.8, 4) is 0 Å². The number of amidine groups is 4. The molecule has 2 amide bonds. The van der Waals surface area contributed by atoms with Crippen molar-refractivity contribution in [2.75, 3.05) is 0 Å². The van der Waals surface area contributed by atoms with Crippen molar-refractivity contribution in [1.29, 1.82) is 0 Å². The van der Waals surface area contributed by atoms with Gasteiger partial charge in [0, 0.05) is 21.2 Å². The second-order valence-electron chi connectivity index (χ2n) is 10.7. The first-order chi connectivity index (χ1) is 25.4. The lowest BCUT2D eigenvalue weighted by Crippen LogP contribution is -2.50. The Morgan fingerprint density at radius 1 is 0.462 bits per heavy atom. The molecule has 258 valence electrons. The molecule has 2 aliphatic rings. The molecule has 5 aromatic carbocycles. The van der Waals surface area contributed by atoms with Crippen LogP contribution >= 0.6 is 66.4 Å². The minimum Gasteiger partial charge on any atom is -0.267 e. The molecule has 2 fully saturated rings. The van der Waals surface area contributed by atoms with E-state index in [-0.39, 0.29) is 0 Å². The molecule has 0 spiro atoms. The fraction of sp³-hybridized carbons (Fsp3) is 0. The lowest BCUT2D eigenvalue weighted by molar-refractivity contribution is 0.0814. The lowest BCUT2D eigenvalue weighted by Gasteiger charge is -2.30. The average molecular weight is 800 g/mol. The number of rotatable bonds is 6. The minimum atomic E-state index is -0.398. The second-order valence-corrected chi connectivity index (χ2v) is 15.7. The zero-order chi connectivity index (χ0) is 35.9. The molecular weight excluding hydrogens is 776 g/mol. The molecule has 52 heavy (non-hydrogen) atoms. The van der Waals surface area contributed by atoms with E-state index < -0.39 is 11.8 Å². The molecule has 0 radical (unpaired) electrons. The molecule has 16 heteroatoms. The Morgan fingerprint density at radius 3 is 1.23 bits per heavy atom. The van der Waals surface area contributed by atoms with Crippen LogP contribution in [0.25, 0.3) is 0 Å². The minimum absolute atomic E-state index is 0.317. The molecular formula is C36H24Cl2N8O2S4. The van der Waals surface area contributed by atoms with Crippen LogP contribution in [0.5, 0.6) is 0 Å². The number of carbonyl (C=O) groups is 2. The number of hydrogen-bond donors (Lipinski definition) is 2. The van der Waals surface area contributed by atoms with Crippen LogP contribution in [0.4, 0.5) is 22.7 Å². The van der Waals surface area contributed by atoms with Crippen LogP contribution in [0.15, 0.2) is 153 Å². The SMILES string of the molecule is O=C(c1ccc(C(=O)N2NC(=Nc3cccc(Cl)c3)SSC2=Nc2ccccc2)cc1)N1NC(=Nc2cccc(Cl)c2)SSC1=Nc1ccccc1. The van der Waals surface area contributed by atoms with E-state index in [1.165, 1.54) is 53.2 Å². The molecule has 2 saturated heterocycles. The summed E-state index contributed by atoms with van der Waals surface area (Å²) in [6.45, 7) is 0. The van der Waals surface area contributed by atoms with Crippen LogP contribution in [0.2, 0.25) is 10.0 Å². The smallest absolute Gasteiger partial charge is 0.267 e. The standard InChI is InChI=1S/C36H24Cl2N8O2S4/c37-25-9-7-15-29(21-25)39-33-43-45(35(51-49-33)41-27-11-3-1-4-12-27)31(47)23-17-19-24(20-18-23)32(48)46-36(42-28-13-5-2-6-14-28)52-50-34(44-46)40-30-16-8-10-26(38)22-30/h1-22H,(H,39,43)(H,40,44). The molecule has 0 aliphatic carbocycles. The van der Waals surface area contributed by atoms with Crippen LogP contribution in [0.1, 0.15) is 20.7 Å². The summed E-state index contributed by atoms with van der Waals surface area (Å²) in [4.78, 5) is 46.8. The fourth-order valence-electron chi connectivity index (χ4n) is 4.62. The first kappa shape index (κ1) is 35.7. The van der Waals surface area contributed by atoms with Crippen molar-refractivity contribution in [2.24, 2.45) is 20.0 Å². The van der Waals surface area contributed by atoms with Gasteiger partial charge in [0.25, 0.3) is 11.8 Å². The Morgan fingerprint density at radius 2 is 0.846 bits per heavy atom. The van der Waals surface area contributed by atoms with Gasteiger partial charge in [-0.05, 0) is 128 Å². The van der Waals surface area contributed by atoms with Gasteiger partial charge in [0.15, 0.2) is 10.3 Å².